The minimum absolute atomic E-state index is 0.0917. The van der Waals surface area contributed by atoms with E-state index < -0.39 is 0 Å². The van der Waals surface area contributed by atoms with Gasteiger partial charge in [-0.1, -0.05) is 17.3 Å². The lowest BCUT2D eigenvalue weighted by Gasteiger charge is -2.17. The molecule has 21 heavy (non-hydrogen) atoms. The summed E-state index contributed by atoms with van der Waals surface area (Å²) in [7, 11) is 0. The summed E-state index contributed by atoms with van der Waals surface area (Å²) in [6.45, 7) is 1.82. The number of benzene rings is 1. The fourth-order valence-electron chi connectivity index (χ4n) is 2.47. The Balaban J connectivity index is 1.71. The number of hydrogen-bond donors (Lipinski definition) is 1. The maximum absolute atomic E-state index is 12.1. The molecule has 1 aromatic carbocycles. The van der Waals surface area contributed by atoms with Crippen LogP contribution in [0.5, 0.6) is 0 Å². The van der Waals surface area contributed by atoms with Crippen LogP contribution in [0.1, 0.15) is 35.4 Å². The number of carbonyl (C=O) groups is 1. The van der Waals surface area contributed by atoms with Crippen LogP contribution in [0.25, 0.3) is 0 Å². The fourth-order valence-corrected chi connectivity index (χ4v) is 2.47. The van der Waals surface area contributed by atoms with Crippen molar-refractivity contribution in [2.24, 2.45) is 0 Å². The van der Waals surface area contributed by atoms with E-state index >= 15 is 0 Å². The number of amides is 1. The van der Waals surface area contributed by atoms with Crippen molar-refractivity contribution >= 4 is 5.91 Å². The van der Waals surface area contributed by atoms with Crippen molar-refractivity contribution in [1.82, 2.24) is 10.5 Å². The number of aryl methyl sites for hydroxylation is 1. The van der Waals surface area contributed by atoms with E-state index in [1.54, 1.807) is 12.1 Å². The second-order valence-electron chi connectivity index (χ2n) is 5.43. The van der Waals surface area contributed by atoms with E-state index in [9.17, 15) is 4.79 Å². The molecule has 2 aromatic rings. The molecular formula is C16H15N3O2. The third kappa shape index (κ3) is 2.79. The molecule has 0 spiro atoms. The van der Waals surface area contributed by atoms with E-state index in [2.05, 4.69) is 16.5 Å². The summed E-state index contributed by atoms with van der Waals surface area (Å²) in [5, 5.41) is 15.8. The van der Waals surface area contributed by atoms with Gasteiger partial charge in [0.05, 0.1) is 29.3 Å². The molecule has 1 N–H and O–H groups in total. The third-order valence-electron chi connectivity index (χ3n) is 3.68. The van der Waals surface area contributed by atoms with Crippen LogP contribution in [0.3, 0.4) is 0 Å². The maximum Gasteiger partial charge on any atom is 0.228 e. The highest BCUT2D eigenvalue weighted by molar-refractivity contribution is 5.79. The molecular weight excluding hydrogens is 266 g/mol. The van der Waals surface area contributed by atoms with Gasteiger partial charge >= 0.3 is 0 Å². The molecule has 0 unspecified atom stereocenters. The molecule has 1 fully saturated rings. The van der Waals surface area contributed by atoms with Gasteiger partial charge in [0.25, 0.3) is 0 Å². The Kier molecular flexibility index (Phi) is 3.22. The molecule has 3 rings (SSSR count). The van der Waals surface area contributed by atoms with E-state index in [-0.39, 0.29) is 17.9 Å². The lowest BCUT2D eigenvalue weighted by molar-refractivity contribution is -0.121. The van der Waals surface area contributed by atoms with Gasteiger partial charge in [-0.25, -0.2) is 0 Å². The standard InChI is InChI=1S/C16H15N3O2/c1-11-7-14(21-19-11)9-15(20)18-16(5-6-16)13-4-2-3-12(8-13)10-17/h2-4,7-8H,5-6,9H2,1H3,(H,18,20). The van der Waals surface area contributed by atoms with Crippen LogP contribution >= 0.6 is 0 Å². The molecule has 0 aliphatic heterocycles. The van der Waals surface area contributed by atoms with Gasteiger partial charge in [-0.2, -0.15) is 5.26 Å². The molecule has 1 aromatic heterocycles. The number of hydrogen-bond acceptors (Lipinski definition) is 4. The first-order chi connectivity index (χ1) is 10.1. The Morgan fingerprint density at radius 2 is 2.29 bits per heavy atom. The van der Waals surface area contributed by atoms with Crippen LogP contribution in [-0.2, 0) is 16.8 Å². The fraction of sp³-hybridized carbons (Fsp3) is 0.312. The van der Waals surface area contributed by atoms with Gasteiger partial charge in [-0.3, -0.25) is 4.79 Å². The first kappa shape index (κ1) is 13.4. The molecule has 0 atom stereocenters. The number of nitrogens with zero attached hydrogens (tertiary/aromatic N) is 2. The number of carbonyl (C=O) groups excluding carboxylic acids is 1. The first-order valence-electron chi connectivity index (χ1n) is 6.85. The van der Waals surface area contributed by atoms with Crippen molar-refractivity contribution in [2.45, 2.75) is 31.7 Å². The third-order valence-corrected chi connectivity index (χ3v) is 3.68. The van der Waals surface area contributed by atoms with Crippen LogP contribution in [0.2, 0.25) is 0 Å². The second kappa shape index (κ2) is 5.06. The first-order valence-corrected chi connectivity index (χ1v) is 6.85. The van der Waals surface area contributed by atoms with Crippen LogP contribution in [0.15, 0.2) is 34.9 Å². The lowest BCUT2D eigenvalue weighted by atomic mass is 10.0. The number of aromatic nitrogens is 1. The second-order valence-corrected chi connectivity index (χ2v) is 5.43. The van der Waals surface area contributed by atoms with Crippen molar-refractivity contribution in [3.63, 3.8) is 0 Å². The predicted octanol–water partition coefficient (Wildman–Crippen LogP) is 2.20. The van der Waals surface area contributed by atoms with Gasteiger partial charge in [0.2, 0.25) is 5.91 Å². The van der Waals surface area contributed by atoms with Gasteiger partial charge in [-0.15, -0.1) is 0 Å². The zero-order chi connectivity index (χ0) is 14.9. The van der Waals surface area contributed by atoms with E-state index in [1.807, 2.05) is 25.1 Å². The van der Waals surface area contributed by atoms with Gasteiger partial charge in [-0.05, 0) is 37.5 Å². The Morgan fingerprint density at radius 3 is 2.90 bits per heavy atom. The highest BCUT2D eigenvalue weighted by atomic mass is 16.5. The van der Waals surface area contributed by atoms with Crippen LogP contribution < -0.4 is 5.32 Å². The number of nitrogens with one attached hydrogen (secondary N) is 1. The molecule has 5 heteroatoms. The van der Waals surface area contributed by atoms with Crippen molar-refractivity contribution in [3.8, 4) is 6.07 Å². The average molecular weight is 281 g/mol. The largest absolute Gasteiger partial charge is 0.361 e. The Hall–Kier alpha value is -2.61. The summed E-state index contributed by atoms with van der Waals surface area (Å²) >= 11 is 0. The molecule has 1 aliphatic carbocycles. The SMILES string of the molecule is Cc1cc(CC(=O)NC2(c3cccc(C#N)c3)CC2)on1. The molecule has 1 saturated carbocycles. The minimum atomic E-state index is -0.320. The van der Waals surface area contributed by atoms with E-state index in [1.165, 1.54) is 0 Å². The molecule has 106 valence electrons. The summed E-state index contributed by atoms with van der Waals surface area (Å²) in [6.07, 6.45) is 1.96. The maximum atomic E-state index is 12.1. The van der Waals surface area contributed by atoms with Gasteiger partial charge < -0.3 is 9.84 Å². The molecule has 5 nitrogen and oxygen atoms in total. The van der Waals surface area contributed by atoms with Crippen LogP contribution in [-0.4, -0.2) is 11.1 Å². The number of nitriles is 1. The summed E-state index contributed by atoms with van der Waals surface area (Å²) in [6, 6.07) is 11.3. The van der Waals surface area contributed by atoms with Gasteiger partial charge in [0.15, 0.2) is 0 Å². The highest BCUT2D eigenvalue weighted by Crippen LogP contribution is 2.45. The normalized spacial score (nSPS) is 15.2. The van der Waals surface area contributed by atoms with Crippen molar-refractivity contribution in [3.05, 3.63) is 52.9 Å². The average Bonchev–Trinajstić information content (AvgIpc) is 3.15. The Bertz CT molecular complexity index is 723. The van der Waals surface area contributed by atoms with Crippen LogP contribution in [0, 0.1) is 18.3 Å². The van der Waals surface area contributed by atoms with Crippen molar-refractivity contribution in [2.75, 3.05) is 0 Å². The zero-order valence-corrected chi connectivity index (χ0v) is 11.7. The van der Waals surface area contributed by atoms with E-state index in [0.717, 1.165) is 24.1 Å². The molecule has 0 bridgehead atoms. The smallest absolute Gasteiger partial charge is 0.228 e. The monoisotopic (exact) mass is 281 g/mol. The van der Waals surface area contributed by atoms with Crippen LogP contribution in [0.4, 0.5) is 0 Å². The quantitative estimate of drug-likeness (QED) is 0.931. The molecule has 1 aliphatic rings. The summed E-state index contributed by atoms with van der Waals surface area (Å²) < 4.78 is 5.06. The van der Waals surface area contributed by atoms with Crippen molar-refractivity contribution < 1.29 is 9.32 Å². The molecule has 0 radical (unpaired) electrons. The Morgan fingerprint density at radius 1 is 1.48 bits per heavy atom. The predicted molar refractivity (Wildman–Crippen MR) is 75.2 cm³/mol. The Labute approximate surface area is 122 Å². The summed E-state index contributed by atoms with van der Waals surface area (Å²) in [5.74, 6) is 0.470. The highest BCUT2D eigenvalue weighted by Gasteiger charge is 2.45. The van der Waals surface area contributed by atoms with E-state index in [4.69, 9.17) is 9.78 Å². The van der Waals surface area contributed by atoms with Crippen molar-refractivity contribution in [1.29, 1.82) is 5.26 Å². The zero-order valence-electron chi connectivity index (χ0n) is 11.7. The number of rotatable bonds is 4. The van der Waals surface area contributed by atoms with Gasteiger partial charge in [0.1, 0.15) is 5.76 Å². The summed E-state index contributed by atoms with van der Waals surface area (Å²) in [5.41, 5.74) is 2.04. The molecule has 1 heterocycles. The minimum Gasteiger partial charge on any atom is -0.361 e. The lowest BCUT2D eigenvalue weighted by Crippen LogP contribution is -2.35. The molecule has 0 saturated heterocycles. The van der Waals surface area contributed by atoms with E-state index in [0.29, 0.717) is 11.3 Å². The summed E-state index contributed by atoms with van der Waals surface area (Å²) in [4.78, 5) is 12.1. The topological polar surface area (TPSA) is 78.9 Å². The molecule has 1 amide bonds. The van der Waals surface area contributed by atoms with Gasteiger partial charge in [0, 0.05) is 6.07 Å².